The third kappa shape index (κ3) is 6.14. The number of hydrogen-bond donors (Lipinski definition) is 5. The number of thioether (sulfide) groups is 1. The Morgan fingerprint density at radius 2 is 1.91 bits per heavy atom. The molecule has 188 valence electrons. The number of hydrogen-bond acceptors (Lipinski definition) is 8. The number of imidazole rings is 1. The maximum absolute atomic E-state index is 11.2. The van der Waals surface area contributed by atoms with Gasteiger partial charge in [0.25, 0.3) is 0 Å². The topological polar surface area (TPSA) is 157 Å². The second-order valence-corrected chi connectivity index (χ2v) is 8.82. The Morgan fingerprint density at radius 3 is 2.49 bits per heavy atom. The molecule has 3 heterocycles. The normalized spacial score (nSPS) is 19.8. The Labute approximate surface area is 204 Å². The van der Waals surface area contributed by atoms with Crippen LogP contribution in [0.1, 0.15) is 26.9 Å². The van der Waals surface area contributed by atoms with E-state index in [1.807, 2.05) is 4.40 Å². The zero-order valence-corrected chi connectivity index (χ0v) is 19.0. The molecule has 0 radical (unpaired) electrons. The number of nitrogens with one attached hydrogen (secondary N) is 1. The number of carboxylic acids is 2. The molecule has 0 aliphatic carbocycles. The summed E-state index contributed by atoms with van der Waals surface area (Å²) in [5, 5.41) is 39.4. The average Bonchev–Trinajstić information content (AvgIpc) is 3.36. The van der Waals surface area contributed by atoms with Crippen molar-refractivity contribution in [2.75, 3.05) is 11.1 Å². The van der Waals surface area contributed by atoms with Crippen LogP contribution < -0.4 is 5.32 Å². The molecule has 0 unspecified atom stereocenters. The van der Waals surface area contributed by atoms with Crippen molar-refractivity contribution >= 4 is 46.8 Å². The SMILES string of the molecule is O=C(O)C(F)(F)F.O=C(O)c1cc(CNc2nccn3c([C@@H]4SC[C@@H](O)[C@H]4O)cnc23)ccc1Cl. The fourth-order valence-corrected chi connectivity index (χ4v) is 4.69. The van der Waals surface area contributed by atoms with Gasteiger partial charge in [0.1, 0.15) is 0 Å². The van der Waals surface area contributed by atoms with Crippen LogP contribution in [0.2, 0.25) is 5.02 Å². The number of anilines is 1. The van der Waals surface area contributed by atoms with Crippen LogP contribution in [0.15, 0.2) is 36.8 Å². The monoisotopic (exact) mass is 534 g/mol. The standard InChI is InChI=1S/C18H17ClN4O4S.C2HF3O2/c19-11-2-1-9(5-10(11)18(26)27)6-21-16-17-22-7-12(23(17)4-3-20-16)15-14(25)13(24)8-28-15;3-2(4,5)1(6)7/h1-5,7,13-15,24-25H,6,8H2,(H,20,21)(H,26,27);(H,6,7)/t13-,14-,15+;/m1./s1. The molecule has 1 aromatic carbocycles. The number of aliphatic hydroxyl groups excluding tert-OH is 2. The second-order valence-electron chi connectivity index (χ2n) is 7.24. The van der Waals surface area contributed by atoms with E-state index in [1.54, 1.807) is 30.7 Å². The van der Waals surface area contributed by atoms with Gasteiger partial charge in [0, 0.05) is 24.7 Å². The quantitative estimate of drug-likeness (QED) is 0.329. The molecule has 1 saturated heterocycles. The molecule has 0 spiro atoms. The molecule has 0 bridgehead atoms. The molecular weight excluding hydrogens is 517 g/mol. The molecule has 10 nitrogen and oxygen atoms in total. The fraction of sp³-hybridized carbons (Fsp3) is 0.300. The van der Waals surface area contributed by atoms with E-state index < -0.39 is 30.3 Å². The van der Waals surface area contributed by atoms with Crippen molar-refractivity contribution in [1.82, 2.24) is 14.4 Å². The third-order valence-corrected chi connectivity index (χ3v) is 6.61. The molecule has 3 atom stereocenters. The molecule has 1 aliphatic heterocycles. The van der Waals surface area contributed by atoms with E-state index in [0.29, 0.717) is 23.8 Å². The van der Waals surface area contributed by atoms with E-state index >= 15 is 0 Å². The van der Waals surface area contributed by atoms with Crippen LogP contribution in [0.4, 0.5) is 19.0 Å². The lowest BCUT2D eigenvalue weighted by Gasteiger charge is -2.15. The molecule has 2 aromatic heterocycles. The van der Waals surface area contributed by atoms with Crippen molar-refractivity contribution in [1.29, 1.82) is 0 Å². The van der Waals surface area contributed by atoms with Crippen LogP contribution in [0.3, 0.4) is 0 Å². The van der Waals surface area contributed by atoms with Gasteiger partial charge in [-0.25, -0.2) is 19.6 Å². The van der Waals surface area contributed by atoms with Crippen LogP contribution in [0.5, 0.6) is 0 Å². The van der Waals surface area contributed by atoms with Gasteiger partial charge in [0.2, 0.25) is 0 Å². The number of carboxylic acid groups (broad SMARTS) is 2. The summed E-state index contributed by atoms with van der Waals surface area (Å²) >= 11 is 7.39. The van der Waals surface area contributed by atoms with Gasteiger partial charge in [-0.1, -0.05) is 17.7 Å². The predicted molar refractivity (Wildman–Crippen MR) is 120 cm³/mol. The Hall–Kier alpha value is -3.07. The highest BCUT2D eigenvalue weighted by Gasteiger charge is 2.38. The number of rotatable bonds is 5. The lowest BCUT2D eigenvalue weighted by atomic mass is 10.1. The number of fused-ring (bicyclic) bond motifs is 1. The summed E-state index contributed by atoms with van der Waals surface area (Å²) in [6.07, 6.45) is -1.64. The summed E-state index contributed by atoms with van der Waals surface area (Å²) in [5.74, 6) is -2.84. The first kappa shape index (κ1) is 26.5. The molecule has 4 rings (SSSR count). The molecule has 5 N–H and O–H groups in total. The first-order chi connectivity index (χ1) is 16.4. The van der Waals surface area contributed by atoms with Crippen LogP contribution in [-0.4, -0.2) is 70.9 Å². The molecule has 1 aliphatic rings. The van der Waals surface area contributed by atoms with E-state index in [2.05, 4.69) is 15.3 Å². The van der Waals surface area contributed by atoms with Gasteiger partial charge in [-0.15, -0.1) is 11.8 Å². The summed E-state index contributed by atoms with van der Waals surface area (Å²) in [6, 6.07) is 4.81. The third-order valence-electron chi connectivity index (χ3n) is 4.86. The Morgan fingerprint density at radius 1 is 1.23 bits per heavy atom. The number of aliphatic hydroxyl groups is 2. The Bertz CT molecular complexity index is 1240. The molecule has 15 heteroatoms. The van der Waals surface area contributed by atoms with Crippen molar-refractivity contribution in [3.8, 4) is 0 Å². The fourth-order valence-electron chi connectivity index (χ4n) is 3.17. The van der Waals surface area contributed by atoms with E-state index in [1.165, 1.54) is 17.8 Å². The minimum atomic E-state index is -5.08. The number of nitrogens with zero attached hydrogens (tertiary/aromatic N) is 3. The number of aliphatic carboxylic acids is 1. The van der Waals surface area contributed by atoms with Crippen molar-refractivity contribution in [2.24, 2.45) is 0 Å². The number of alkyl halides is 3. The summed E-state index contributed by atoms with van der Waals surface area (Å²) in [5.41, 5.74) is 2.15. The van der Waals surface area contributed by atoms with Crippen molar-refractivity contribution in [3.05, 3.63) is 58.6 Å². The number of aromatic carboxylic acids is 1. The molecule has 0 amide bonds. The van der Waals surface area contributed by atoms with Gasteiger partial charge >= 0.3 is 18.1 Å². The Balaban J connectivity index is 0.000000429. The van der Waals surface area contributed by atoms with E-state index in [-0.39, 0.29) is 15.8 Å². The van der Waals surface area contributed by atoms with Gasteiger partial charge in [0.05, 0.1) is 39.9 Å². The number of halogens is 4. The van der Waals surface area contributed by atoms with E-state index in [0.717, 1.165) is 11.3 Å². The van der Waals surface area contributed by atoms with Crippen LogP contribution in [0.25, 0.3) is 5.65 Å². The van der Waals surface area contributed by atoms with Crippen molar-refractivity contribution < 1.29 is 43.2 Å². The lowest BCUT2D eigenvalue weighted by molar-refractivity contribution is -0.192. The summed E-state index contributed by atoms with van der Waals surface area (Å²) in [4.78, 5) is 28.9. The molecular formula is C20H18ClF3N4O6S. The van der Waals surface area contributed by atoms with Crippen molar-refractivity contribution in [2.45, 2.75) is 30.2 Å². The summed E-state index contributed by atoms with van der Waals surface area (Å²) < 4.78 is 33.6. The molecule has 35 heavy (non-hydrogen) atoms. The zero-order valence-electron chi connectivity index (χ0n) is 17.5. The van der Waals surface area contributed by atoms with Crippen LogP contribution in [0, 0.1) is 0 Å². The highest BCUT2D eigenvalue weighted by atomic mass is 35.5. The van der Waals surface area contributed by atoms with Crippen LogP contribution in [-0.2, 0) is 11.3 Å². The predicted octanol–water partition coefficient (Wildman–Crippen LogP) is 2.84. The maximum atomic E-state index is 11.2. The maximum Gasteiger partial charge on any atom is 0.490 e. The molecule has 1 fully saturated rings. The van der Waals surface area contributed by atoms with Gasteiger partial charge in [-0.05, 0) is 17.7 Å². The average molecular weight is 535 g/mol. The smallest absolute Gasteiger partial charge is 0.478 e. The lowest BCUT2D eigenvalue weighted by Crippen LogP contribution is -2.25. The largest absolute Gasteiger partial charge is 0.490 e. The van der Waals surface area contributed by atoms with Gasteiger partial charge in [-0.3, -0.25) is 4.40 Å². The minimum Gasteiger partial charge on any atom is -0.478 e. The zero-order chi connectivity index (χ0) is 25.9. The number of aromatic nitrogens is 3. The van der Waals surface area contributed by atoms with Gasteiger partial charge in [-0.2, -0.15) is 13.2 Å². The van der Waals surface area contributed by atoms with E-state index in [4.69, 9.17) is 21.5 Å². The second kappa shape index (κ2) is 10.7. The van der Waals surface area contributed by atoms with E-state index in [9.17, 15) is 33.3 Å². The molecule has 3 aromatic rings. The van der Waals surface area contributed by atoms with Crippen LogP contribution >= 0.6 is 23.4 Å². The number of carbonyl (C=O) groups is 2. The number of benzene rings is 1. The minimum absolute atomic E-state index is 0.0426. The highest BCUT2D eigenvalue weighted by Crippen LogP contribution is 2.40. The van der Waals surface area contributed by atoms with Gasteiger partial charge < -0.3 is 25.7 Å². The molecule has 0 saturated carbocycles. The summed E-state index contributed by atoms with van der Waals surface area (Å²) in [7, 11) is 0. The van der Waals surface area contributed by atoms with Gasteiger partial charge in [0.15, 0.2) is 11.5 Å². The first-order valence-corrected chi connectivity index (χ1v) is 11.2. The Kier molecular flexibility index (Phi) is 8.10. The summed E-state index contributed by atoms with van der Waals surface area (Å²) in [6.45, 7) is 0.339. The van der Waals surface area contributed by atoms with Crippen molar-refractivity contribution in [3.63, 3.8) is 0 Å². The first-order valence-electron chi connectivity index (χ1n) is 9.75. The highest BCUT2D eigenvalue weighted by molar-refractivity contribution is 7.99.